The second kappa shape index (κ2) is 6.24. The molecule has 0 saturated carbocycles. The van der Waals surface area contributed by atoms with Crippen LogP contribution in [0.5, 0.6) is 0 Å². The summed E-state index contributed by atoms with van der Waals surface area (Å²) in [7, 11) is 1.92. The predicted molar refractivity (Wildman–Crippen MR) is 75.4 cm³/mol. The fraction of sp³-hybridized carbons (Fsp3) is 0.357. The number of nitrogens with zero attached hydrogens (tertiary/aromatic N) is 2. The van der Waals surface area contributed by atoms with E-state index in [4.69, 9.17) is 9.52 Å². The molecule has 2 heterocycles. The van der Waals surface area contributed by atoms with Gasteiger partial charge in [-0.3, -0.25) is 0 Å². The molecule has 0 aliphatic carbocycles. The summed E-state index contributed by atoms with van der Waals surface area (Å²) in [6, 6.07) is 7.78. The molecule has 102 valence electrons. The molecule has 0 aliphatic rings. The minimum absolute atomic E-state index is 0.133. The monoisotopic (exact) mass is 261 g/mol. The highest BCUT2D eigenvalue weighted by Gasteiger charge is 2.02. The van der Waals surface area contributed by atoms with E-state index in [2.05, 4.69) is 10.3 Å². The standard InChI is InChI=1S/C14H19N3O2/c1-11-3-5-13(19-11)10-16-14-6-4-12(9-15-14)17(2)7-8-18/h3-6,9,18H,7-8,10H2,1-2H3,(H,15,16). The van der Waals surface area contributed by atoms with Crippen LogP contribution in [-0.4, -0.2) is 30.3 Å². The van der Waals surface area contributed by atoms with Crippen molar-refractivity contribution in [3.05, 3.63) is 42.0 Å². The summed E-state index contributed by atoms with van der Waals surface area (Å²) in [5.41, 5.74) is 0.980. The normalized spacial score (nSPS) is 10.5. The van der Waals surface area contributed by atoms with Gasteiger partial charge in [-0.1, -0.05) is 0 Å². The Kier molecular flexibility index (Phi) is 4.41. The minimum Gasteiger partial charge on any atom is -0.465 e. The zero-order valence-corrected chi connectivity index (χ0v) is 11.3. The highest BCUT2D eigenvalue weighted by atomic mass is 16.3. The Labute approximate surface area is 112 Å². The number of furan rings is 1. The lowest BCUT2D eigenvalue weighted by Gasteiger charge is -2.17. The lowest BCUT2D eigenvalue weighted by Crippen LogP contribution is -2.21. The SMILES string of the molecule is Cc1ccc(CNc2ccc(N(C)CCO)cn2)o1. The first-order chi connectivity index (χ1) is 9.19. The number of likely N-dealkylation sites (N-methyl/N-ethyl adjacent to an activating group) is 1. The Balaban J connectivity index is 1.91. The third-order valence-electron chi connectivity index (χ3n) is 2.86. The Bertz CT molecular complexity index is 508. The molecule has 19 heavy (non-hydrogen) atoms. The van der Waals surface area contributed by atoms with Crippen molar-refractivity contribution in [3.63, 3.8) is 0 Å². The molecule has 0 spiro atoms. The van der Waals surface area contributed by atoms with Crippen LogP contribution in [0, 0.1) is 6.92 Å². The summed E-state index contributed by atoms with van der Waals surface area (Å²) in [4.78, 5) is 6.28. The average Bonchev–Trinajstić information content (AvgIpc) is 2.83. The molecule has 2 rings (SSSR count). The Hall–Kier alpha value is -2.01. The van der Waals surface area contributed by atoms with Crippen LogP contribution in [0.2, 0.25) is 0 Å². The molecule has 0 aliphatic heterocycles. The smallest absolute Gasteiger partial charge is 0.126 e. The highest BCUT2D eigenvalue weighted by Crippen LogP contribution is 2.14. The molecule has 2 N–H and O–H groups in total. The first-order valence-electron chi connectivity index (χ1n) is 6.26. The van der Waals surface area contributed by atoms with Crippen molar-refractivity contribution in [2.24, 2.45) is 0 Å². The van der Waals surface area contributed by atoms with Crippen LogP contribution < -0.4 is 10.2 Å². The molecule has 5 nitrogen and oxygen atoms in total. The summed E-state index contributed by atoms with van der Waals surface area (Å²) in [6.45, 7) is 3.27. The van der Waals surface area contributed by atoms with E-state index in [1.54, 1.807) is 6.20 Å². The topological polar surface area (TPSA) is 61.5 Å². The molecular weight excluding hydrogens is 242 g/mol. The number of nitrogens with one attached hydrogen (secondary N) is 1. The highest BCUT2D eigenvalue weighted by molar-refractivity contribution is 5.48. The Morgan fingerprint density at radius 3 is 2.74 bits per heavy atom. The maximum Gasteiger partial charge on any atom is 0.126 e. The number of aromatic nitrogens is 1. The second-order valence-electron chi connectivity index (χ2n) is 4.41. The number of rotatable bonds is 6. The minimum atomic E-state index is 0.133. The van der Waals surface area contributed by atoms with Gasteiger partial charge in [-0.25, -0.2) is 4.98 Å². The van der Waals surface area contributed by atoms with Crippen LogP contribution in [0.15, 0.2) is 34.9 Å². The molecule has 0 aromatic carbocycles. The average molecular weight is 261 g/mol. The maximum atomic E-state index is 8.88. The summed E-state index contributed by atoms with van der Waals surface area (Å²) in [5.74, 6) is 2.60. The first-order valence-corrected chi connectivity index (χ1v) is 6.26. The number of aliphatic hydroxyl groups is 1. The second-order valence-corrected chi connectivity index (χ2v) is 4.41. The van der Waals surface area contributed by atoms with E-state index in [-0.39, 0.29) is 6.61 Å². The quantitative estimate of drug-likeness (QED) is 0.833. The van der Waals surface area contributed by atoms with Gasteiger partial charge in [-0.15, -0.1) is 0 Å². The van der Waals surface area contributed by atoms with Crippen LogP contribution in [0.25, 0.3) is 0 Å². The van der Waals surface area contributed by atoms with Gasteiger partial charge >= 0.3 is 0 Å². The van der Waals surface area contributed by atoms with Gasteiger partial charge in [0.2, 0.25) is 0 Å². The van der Waals surface area contributed by atoms with Crippen molar-refractivity contribution >= 4 is 11.5 Å². The summed E-state index contributed by atoms with van der Waals surface area (Å²) in [6.07, 6.45) is 1.78. The Morgan fingerprint density at radius 1 is 1.32 bits per heavy atom. The van der Waals surface area contributed by atoms with Crippen LogP contribution in [0.4, 0.5) is 11.5 Å². The van der Waals surface area contributed by atoms with E-state index in [0.29, 0.717) is 13.1 Å². The Morgan fingerprint density at radius 2 is 2.16 bits per heavy atom. The fourth-order valence-electron chi connectivity index (χ4n) is 1.75. The molecule has 0 fully saturated rings. The lowest BCUT2D eigenvalue weighted by molar-refractivity contribution is 0.304. The molecule has 0 bridgehead atoms. The third-order valence-corrected chi connectivity index (χ3v) is 2.86. The van der Waals surface area contributed by atoms with Gasteiger partial charge in [0.15, 0.2) is 0 Å². The number of anilines is 2. The van der Waals surface area contributed by atoms with Gasteiger partial charge in [0.25, 0.3) is 0 Å². The number of pyridine rings is 1. The number of hydrogen-bond donors (Lipinski definition) is 2. The molecule has 2 aromatic rings. The van der Waals surface area contributed by atoms with Crippen molar-refractivity contribution < 1.29 is 9.52 Å². The van der Waals surface area contributed by atoms with Crippen LogP contribution in [0.1, 0.15) is 11.5 Å². The van der Waals surface area contributed by atoms with Crippen LogP contribution in [0.3, 0.4) is 0 Å². The fourth-order valence-corrected chi connectivity index (χ4v) is 1.75. The zero-order chi connectivity index (χ0) is 13.7. The zero-order valence-electron chi connectivity index (χ0n) is 11.3. The van der Waals surface area contributed by atoms with Crippen molar-refractivity contribution in [1.82, 2.24) is 4.98 Å². The molecule has 0 unspecified atom stereocenters. The van der Waals surface area contributed by atoms with Gasteiger partial charge in [-0.2, -0.15) is 0 Å². The van der Waals surface area contributed by atoms with Crippen LogP contribution >= 0.6 is 0 Å². The lowest BCUT2D eigenvalue weighted by atomic mass is 10.3. The largest absolute Gasteiger partial charge is 0.465 e. The van der Waals surface area contributed by atoms with Gasteiger partial charge in [0.1, 0.15) is 17.3 Å². The van der Waals surface area contributed by atoms with Crippen LogP contribution in [-0.2, 0) is 6.54 Å². The summed E-state index contributed by atoms with van der Waals surface area (Å²) >= 11 is 0. The maximum absolute atomic E-state index is 8.88. The number of hydrogen-bond acceptors (Lipinski definition) is 5. The van der Waals surface area contributed by atoms with Gasteiger partial charge < -0.3 is 19.7 Å². The van der Waals surface area contributed by atoms with E-state index in [1.807, 2.05) is 43.1 Å². The summed E-state index contributed by atoms with van der Waals surface area (Å²) < 4.78 is 5.47. The molecule has 0 radical (unpaired) electrons. The van der Waals surface area contributed by atoms with Gasteiger partial charge in [-0.05, 0) is 31.2 Å². The van der Waals surface area contributed by atoms with Crippen molar-refractivity contribution in [2.45, 2.75) is 13.5 Å². The van der Waals surface area contributed by atoms with E-state index in [1.165, 1.54) is 0 Å². The van der Waals surface area contributed by atoms with Crippen molar-refractivity contribution in [1.29, 1.82) is 0 Å². The predicted octanol–water partition coefficient (Wildman–Crippen LogP) is 2.02. The molecule has 0 saturated heterocycles. The number of aryl methyl sites for hydroxylation is 1. The number of aliphatic hydroxyl groups excluding tert-OH is 1. The molecule has 5 heteroatoms. The van der Waals surface area contributed by atoms with E-state index >= 15 is 0 Å². The molecule has 0 atom stereocenters. The first kappa shape index (κ1) is 13.4. The molecule has 2 aromatic heterocycles. The van der Waals surface area contributed by atoms with E-state index < -0.39 is 0 Å². The van der Waals surface area contributed by atoms with E-state index in [9.17, 15) is 0 Å². The summed E-state index contributed by atoms with van der Waals surface area (Å²) in [5, 5.41) is 12.1. The molecular formula is C14H19N3O2. The molecule has 0 amide bonds. The van der Waals surface area contributed by atoms with Gasteiger partial charge in [0, 0.05) is 13.6 Å². The third kappa shape index (κ3) is 3.72. The van der Waals surface area contributed by atoms with Gasteiger partial charge in [0.05, 0.1) is 25.0 Å². The van der Waals surface area contributed by atoms with Crippen molar-refractivity contribution in [3.8, 4) is 0 Å². The van der Waals surface area contributed by atoms with Crippen molar-refractivity contribution in [2.75, 3.05) is 30.4 Å². The van der Waals surface area contributed by atoms with E-state index in [0.717, 1.165) is 23.0 Å².